The number of hydrogen-bond donors (Lipinski definition) is 1. The van der Waals surface area contributed by atoms with Crippen LogP contribution in [0.25, 0.3) is 0 Å². The molecule has 0 saturated carbocycles. The second-order valence-electron chi connectivity index (χ2n) is 3.83. The SMILES string of the molecule is CCOc1ccc(Cc2ccncc2N)cc1. The zero-order valence-electron chi connectivity index (χ0n) is 9.89. The first-order valence-corrected chi connectivity index (χ1v) is 5.69. The lowest BCUT2D eigenvalue weighted by Gasteiger charge is -2.06. The van der Waals surface area contributed by atoms with Crippen LogP contribution in [0.5, 0.6) is 5.75 Å². The molecule has 1 aromatic carbocycles. The highest BCUT2D eigenvalue weighted by molar-refractivity contribution is 5.46. The molecule has 0 unspecified atom stereocenters. The van der Waals surface area contributed by atoms with E-state index in [4.69, 9.17) is 10.5 Å². The quantitative estimate of drug-likeness (QED) is 0.875. The number of pyridine rings is 1. The van der Waals surface area contributed by atoms with Crippen LogP contribution < -0.4 is 10.5 Å². The summed E-state index contributed by atoms with van der Waals surface area (Å²) in [6.07, 6.45) is 4.27. The summed E-state index contributed by atoms with van der Waals surface area (Å²) in [4.78, 5) is 3.98. The fourth-order valence-electron chi connectivity index (χ4n) is 1.69. The average molecular weight is 228 g/mol. The minimum Gasteiger partial charge on any atom is -0.494 e. The second-order valence-corrected chi connectivity index (χ2v) is 3.83. The molecule has 0 aliphatic rings. The van der Waals surface area contributed by atoms with Gasteiger partial charge in [0.1, 0.15) is 5.75 Å². The van der Waals surface area contributed by atoms with Crippen LogP contribution in [0.15, 0.2) is 42.7 Å². The van der Waals surface area contributed by atoms with E-state index in [0.29, 0.717) is 6.61 Å². The molecule has 0 atom stereocenters. The molecule has 0 bridgehead atoms. The summed E-state index contributed by atoms with van der Waals surface area (Å²) in [5, 5.41) is 0. The number of rotatable bonds is 4. The monoisotopic (exact) mass is 228 g/mol. The zero-order chi connectivity index (χ0) is 12.1. The van der Waals surface area contributed by atoms with Crippen LogP contribution in [0.4, 0.5) is 5.69 Å². The molecule has 88 valence electrons. The normalized spacial score (nSPS) is 10.2. The molecule has 2 aromatic rings. The first-order chi connectivity index (χ1) is 8.29. The van der Waals surface area contributed by atoms with Gasteiger partial charge in [0.15, 0.2) is 0 Å². The minimum atomic E-state index is 0.691. The van der Waals surface area contributed by atoms with Gasteiger partial charge in [-0.3, -0.25) is 4.98 Å². The summed E-state index contributed by atoms with van der Waals surface area (Å²) < 4.78 is 5.40. The van der Waals surface area contributed by atoms with Crippen molar-refractivity contribution in [1.82, 2.24) is 4.98 Å². The lowest BCUT2D eigenvalue weighted by Crippen LogP contribution is -1.96. The van der Waals surface area contributed by atoms with Gasteiger partial charge in [0.25, 0.3) is 0 Å². The summed E-state index contributed by atoms with van der Waals surface area (Å²) in [7, 11) is 0. The van der Waals surface area contributed by atoms with Crippen molar-refractivity contribution in [3.05, 3.63) is 53.9 Å². The third-order valence-electron chi connectivity index (χ3n) is 2.58. The Balaban J connectivity index is 2.11. The Morgan fingerprint density at radius 3 is 2.59 bits per heavy atom. The Bertz CT molecular complexity index is 480. The molecule has 1 aromatic heterocycles. The van der Waals surface area contributed by atoms with Gasteiger partial charge < -0.3 is 10.5 Å². The second kappa shape index (κ2) is 5.34. The Labute approximate surface area is 101 Å². The fraction of sp³-hybridized carbons (Fsp3) is 0.214. The van der Waals surface area contributed by atoms with E-state index >= 15 is 0 Å². The van der Waals surface area contributed by atoms with Crippen molar-refractivity contribution >= 4 is 5.69 Å². The molecule has 1 heterocycles. The van der Waals surface area contributed by atoms with Gasteiger partial charge in [-0.15, -0.1) is 0 Å². The number of nitrogens with zero attached hydrogens (tertiary/aromatic N) is 1. The van der Waals surface area contributed by atoms with Crippen molar-refractivity contribution < 1.29 is 4.74 Å². The first-order valence-electron chi connectivity index (χ1n) is 5.69. The van der Waals surface area contributed by atoms with Crippen LogP contribution in [0.2, 0.25) is 0 Å². The summed E-state index contributed by atoms with van der Waals surface area (Å²) in [6, 6.07) is 10.0. The number of nitrogen functional groups attached to an aromatic ring is 1. The molecule has 0 aliphatic carbocycles. The van der Waals surface area contributed by atoms with E-state index in [2.05, 4.69) is 17.1 Å². The van der Waals surface area contributed by atoms with E-state index in [-0.39, 0.29) is 0 Å². The Morgan fingerprint density at radius 2 is 1.94 bits per heavy atom. The highest BCUT2D eigenvalue weighted by Crippen LogP contribution is 2.17. The van der Waals surface area contributed by atoms with Gasteiger partial charge in [-0.25, -0.2) is 0 Å². The van der Waals surface area contributed by atoms with Crippen LogP contribution in [-0.2, 0) is 6.42 Å². The number of nitrogens with two attached hydrogens (primary N) is 1. The molecule has 2 N–H and O–H groups in total. The van der Waals surface area contributed by atoms with Crippen LogP contribution in [0, 0.1) is 0 Å². The van der Waals surface area contributed by atoms with E-state index in [0.717, 1.165) is 23.4 Å². The smallest absolute Gasteiger partial charge is 0.119 e. The summed E-state index contributed by atoms with van der Waals surface area (Å²) in [5.41, 5.74) is 8.91. The van der Waals surface area contributed by atoms with Gasteiger partial charge in [0.2, 0.25) is 0 Å². The Hall–Kier alpha value is -2.03. The number of anilines is 1. The Morgan fingerprint density at radius 1 is 1.18 bits per heavy atom. The zero-order valence-corrected chi connectivity index (χ0v) is 9.89. The minimum absolute atomic E-state index is 0.691. The van der Waals surface area contributed by atoms with Gasteiger partial charge in [0, 0.05) is 6.20 Å². The number of benzene rings is 1. The third-order valence-corrected chi connectivity index (χ3v) is 2.58. The highest BCUT2D eigenvalue weighted by atomic mass is 16.5. The van der Waals surface area contributed by atoms with Gasteiger partial charge in [-0.05, 0) is 42.7 Å². The van der Waals surface area contributed by atoms with Crippen molar-refractivity contribution in [2.75, 3.05) is 12.3 Å². The summed E-state index contributed by atoms with van der Waals surface area (Å²) in [6.45, 7) is 2.67. The van der Waals surface area contributed by atoms with Gasteiger partial charge in [-0.1, -0.05) is 12.1 Å². The summed E-state index contributed by atoms with van der Waals surface area (Å²) in [5.74, 6) is 0.902. The standard InChI is InChI=1S/C14H16N2O/c1-2-17-13-5-3-11(4-6-13)9-12-7-8-16-10-14(12)15/h3-8,10H,2,9,15H2,1H3. The lowest BCUT2D eigenvalue weighted by atomic mass is 10.0. The maximum atomic E-state index is 5.86. The molecule has 17 heavy (non-hydrogen) atoms. The molecular weight excluding hydrogens is 212 g/mol. The van der Waals surface area contributed by atoms with Gasteiger partial charge in [-0.2, -0.15) is 0 Å². The maximum Gasteiger partial charge on any atom is 0.119 e. The van der Waals surface area contributed by atoms with Crippen LogP contribution in [0.3, 0.4) is 0 Å². The molecule has 0 aliphatic heterocycles. The first kappa shape index (κ1) is 11.5. The Kier molecular flexibility index (Phi) is 3.60. The van der Waals surface area contributed by atoms with Crippen molar-refractivity contribution in [3.8, 4) is 5.75 Å². The third kappa shape index (κ3) is 2.97. The number of ether oxygens (including phenoxy) is 1. The predicted molar refractivity (Wildman–Crippen MR) is 69.1 cm³/mol. The van der Waals surface area contributed by atoms with Crippen molar-refractivity contribution in [2.24, 2.45) is 0 Å². The molecule has 2 rings (SSSR count). The fourth-order valence-corrected chi connectivity index (χ4v) is 1.69. The maximum absolute atomic E-state index is 5.86. The van der Waals surface area contributed by atoms with E-state index < -0.39 is 0 Å². The van der Waals surface area contributed by atoms with Crippen LogP contribution in [-0.4, -0.2) is 11.6 Å². The summed E-state index contributed by atoms with van der Waals surface area (Å²) >= 11 is 0. The van der Waals surface area contributed by atoms with E-state index in [9.17, 15) is 0 Å². The van der Waals surface area contributed by atoms with Crippen molar-refractivity contribution in [2.45, 2.75) is 13.3 Å². The highest BCUT2D eigenvalue weighted by Gasteiger charge is 2.01. The van der Waals surface area contributed by atoms with Crippen LogP contribution >= 0.6 is 0 Å². The van der Waals surface area contributed by atoms with E-state index in [1.807, 2.05) is 25.1 Å². The molecule has 3 heteroatoms. The molecule has 0 amide bonds. The molecular formula is C14H16N2O. The van der Waals surface area contributed by atoms with Gasteiger partial charge >= 0.3 is 0 Å². The van der Waals surface area contributed by atoms with E-state index in [1.54, 1.807) is 12.4 Å². The number of aromatic nitrogens is 1. The molecule has 0 spiro atoms. The topological polar surface area (TPSA) is 48.1 Å². The molecule has 3 nitrogen and oxygen atoms in total. The molecule has 0 fully saturated rings. The number of hydrogen-bond acceptors (Lipinski definition) is 3. The average Bonchev–Trinajstić information content (AvgIpc) is 2.35. The van der Waals surface area contributed by atoms with Crippen molar-refractivity contribution in [1.29, 1.82) is 0 Å². The molecule has 0 radical (unpaired) electrons. The van der Waals surface area contributed by atoms with E-state index in [1.165, 1.54) is 5.56 Å². The van der Waals surface area contributed by atoms with Gasteiger partial charge in [0.05, 0.1) is 18.5 Å². The van der Waals surface area contributed by atoms with Crippen molar-refractivity contribution in [3.63, 3.8) is 0 Å². The molecule has 0 saturated heterocycles. The lowest BCUT2D eigenvalue weighted by molar-refractivity contribution is 0.340. The predicted octanol–water partition coefficient (Wildman–Crippen LogP) is 2.65. The van der Waals surface area contributed by atoms with Crippen LogP contribution in [0.1, 0.15) is 18.1 Å². The largest absolute Gasteiger partial charge is 0.494 e.